The van der Waals surface area contributed by atoms with E-state index < -0.39 is 69.9 Å². The fraction of sp³-hybridized carbons (Fsp3) is 0.455. The Bertz CT molecular complexity index is 1550. The number of nitrogens with zero attached hydrogens (tertiary/aromatic N) is 3. The van der Waals surface area contributed by atoms with Gasteiger partial charge >= 0.3 is 15.2 Å². The van der Waals surface area contributed by atoms with Crippen LogP contribution in [0.15, 0.2) is 24.4 Å². The Balaban J connectivity index is 1.33. The fourth-order valence-electron chi connectivity index (χ4n) is 5.00. The molecule has 1 saturated heterocycles. The van der Waals surface area contributed by atoms with Gasteiger partial charge in [-0.25, -0.2) is 28.6 Å². The summed E-state index contributed by atoms with van der Waals surface area (Å²) >= 11 is 0. The first-order valence-electron chi connectivity index (χ1n) is 12.2. The van der Waals surface area contributed by atoms with Crippen LogP contribution in [0.2, 0.25) is 0 Å². The Morgan fingerprint density at radius 3 is 2.66 bits per heavy atom. The molecule has 224 valence electrons. The fourth-order valence-corrected chi connectivity index (χ4v) is 7.44. The first-order valence-corrected chi connectivity index (χ1v) is 15.7. The Morgan fingerprint density at radius 1 is 1.20 bits per heavy atom. The zero-order valence-electron chi connectivity index (χ0n) is 21.2. The van der Waals surface area contributed by atoms with Crippen LogP contribution >= 0.6 is 15.2 Å². The van der Waals surface area contributed by atoms with Crippen molar-refractivity contribution in [1.29, 1.82) is 0 Å². The smallest absolute Gasteiger partial charge is 0.387 e. The van der Waals surface area contributed by atoms with Crippen LogP contribution in [0.1, 0.15) is 35.5 Å². The molecule has 19 heteroatoms. The molecule has 1 aliphatic carbocycles. The normalized spacial score (nSPS) is 25.9. The zero-order chi connectivity index (χ0) is 29.7. The summed E-state index contributed by atoms with van der Waals surface area (Å²) in [5.41, 5.74) is 2.28. The number of pyridine rings is 1. The van der Waals surface area contributed by atoms with Gasteiger partial charge in [0.25, 0.3) is 0 Å². The molecule has 2 aromatic heterocycles. The molecule has 0 radical (unpaired) electrons. The van der Waals surface area contributed by atoms with Gasteiger partial charge in [0.1, 0.15) is 36.6 Å². The van der Waals surface area contributed by atoms with Crippen molar-refractivity contribution in [2.75, 3.05) is 17.8 Å². The van der Waals surface area contributed by atoms with E-state index in [1.807, 2.05) is 0 Å². The second-order valence-corrected chi connectivity index (χ2v) is 13.7. The number of hydrogen-bond donors (Lipinski definition) is 6. The minimum Gasteiger partial charge on any atom is -0.387 e. The maximum absolute atomic E-state index is 14.6. The molecule has 6 N–H and O–H groups in total. The Labute approximate surface area is 230 Å². The predicted octanol–water partition coefficient (Wildman–Crippen LogP) is 2.50. The standard InChI is InChI=1S/C22H26F2N4O11P2/c1-10-4-16(27-15-3-2-11-5-12(23)6-14(24)18(11)15)13-7-25-28(21(13)26-10)22-20(30)19(29)17(37-22)8-36-39-41(35,38-31)9-40(32,33)34/h4-7,15,17,19-20,22,29-31H,2-3,8-9H2,1H3,(H,26,27)(H2,32,33,34)/t15-,17-,19-,20-,22-,41?/m1/s1. The first-order chi connectivity index (χ1) is 19.3. The summed E-state index contributed by atoms with van der Waals surface area (Å²) in [6.07, 6.45) is -3.30. The largest absolute Gasteiger partial charge is 0.396 e. The second-order valence-electron chi connectivity index (χ2n) is 9.74. The molecule has 1 unspecified atom stereocenters. The summed E-state index contributed by atoms with van der Waals surface area (Å²) < 4.78 is 66.2. The van der Waals surface area contributed by atoms with Crippen LogP contribution < -0.4 is 5.32 Å². The van der Waals surface area contributed by atoms with Gasteiger partial charge in [-0.3, -0.25) is 9.13 Å². The highest BCUT2D eigenvalue weighted by molar-refractivity contribution is 7.70. The molecule has 6 atom stereocenters. The van der Waals surface area contributed by atoms with E-state index in [4.69, 9.17) is 19.8 Å². The highest BCUT2D eigenvalue weighted by Gasteiger charge is 2.46. The number of hydrogen-bond acceptors (Lipinski definition) is 12. The van der Waals surface area contributed by atoms with Gasteiger partial charge in [-0.2, -0.15) is 5.10 Å². The maximum Gasteiger partial charge on any atom is 0.396 e. The summed E-state index contributed by atoms with van der Waals surface area (Å²) in [5, 5.41) is 37.9. The molecule has 1 fully saturated rings. The van der Waals surface area contributed by atoms with Gasteiger partial charge in [-0.15, -0.1) is 9.35 Å². The van der Waals surface area contributed by atoms with Crippen molar-refractivity contribution in [3.05, 3.63) is 52.9 Å². The van der Waals surface area contributed by atoms with Crippen molar-refractivity contribution in [2.45, 2.75) is 50.3 Å². The molecule has 15 nitrogen and oxygen atoms in total. The average molecular weight is 622 g/mol. The number of ether oxygens (including phenoxy) is 1. The number of rotatable bonds is 10. The zero-order valence-corrected chi connectivity index (χ0v) is 23.0. The molecular formula is C22H26F2N4O11P2. The monoisotopic (exact) mass is 622 g/mol. The van der Waals surface area contributed by atoms with Crippen LogP contribution in [0.4, 0.5) is 14.5 Å². The maximum atomic E-state index is 14.6. The van der Waals surface area contributed by atoms with Crippen molar-refractivity contribution in [2.24, 2.45) is 0 Å². The van der Waals surface area contributed by atoms with E-state index in [1.54, 1.807) is 13.0 Å². The summed E-state index contributed by atoms with van der Waals surface area (Å²) in [6.45, 7) is 1.00. The van der Waals surface area contributed by atoms with E-state index in [-0.39, 0.29) is 5.65 Å². The Kier molecular flexibility index (Phi) is 8.33. The lowest BCUT2D eigenvalue weighted by Gasteiger charge is -2.19. The van der Waals surface area contributed by atoms with E-state index in [9.17, 15) is 28.1 Å². The van der Waals surface area contributed by atoms with Crippen molar-refractivity contribution in [3.8, 4) is 0 Å². The van der Waals surface area contributed by atoms with Crippen molar-refractivity contribution < 1.29 is 62.1 Å². The third-order valence-corrected chi connectivity index (χ3v) is 10.2. The molecule has 2 aliphatic rings. The SMILES string of the molecule is Cc1cc(N[C@@H]2CCc3cc(F)cc(F)c32)c2cnn([C@@H]3O[C@H](COOP(=O)(CP(=O)(O)O)OO)[C@@H](O)[C@H]3O)c2n1. The van der Waals surface area contributed by atoms with Gasteiger partial charge in [0.2, 0.25) is 0 Å². The molecule has 1 aromatic carbocycles. The van der Waals surface area contributed by atoms with E-state index in [2.05, 4.69) is 29.6 Å². The van der Waals surface area contributed by atoms with Crippen molar-refractivity contribution in [1.82, 2.24) is 14.8 Å². The lowest BCUT2D eigenvalue weighted by molar-refractivity contribution is -0.261. The number of aryl methyl sites for hydroxylation is 2. The van der Waals surface area contributed by atoms with Gasteiger partial charge in [0.05, 0.1) is 17.6 Å². The molecular weight excluding hydrogens is 596 g/mol. The van der Waals surface area contributed by atoms with Crippen molar-refractivity contribution >= 4 is 31.9 Å². The molecule has 5 rings (SSSR count). The minimum atomic E-state index is -4.93. The average Bonchev–Trinajstić information content (AvgIpc) is 3.55. The Morgan fingerprint density at radius 2 is 1.95 bits per heavy atom. The topological polar surface area (TPSA) is 215 Å². The molecule has 0 saturated carbocycles. The minimum absolute atomic E-state index is 0.249. The van der Waals surface area contributed by atoms with E-state index >= 15 is 0 Å². The number of fused-ring (bicyclic) bond motifs is 2. The quantitative estimate of drug-likeness (QED) is 0.109. The predicted molar refractivity (Wildman–Crippen MR) is 134 cm³/mol. The summed E-state index contributed by atoms with van der Waals surface area (Å²) in [6, 6.07) is 3.43. The number of anilines is 1. The van der Waals surface area contributed by atoms with Gasteiger partial charge in [0, 0.05) is 23.0 Å². The lowest BCUT2D eigenvalue weighted by Crippen LogP contribution is -2.34. The number of aliphatic hydroxyl groups is 2. The van der Waals surface area contributed by atoms with Crippen LogP contribution in [-0.4, -0.2) is 70.8 Å². The van der Waals surface area contributed by atoms with Crippen LogP contribution in [0.25, 0.3) is 11.0 Å². The number of nitrogens with one attached hydrogen (secondary N) is 1. The van der Waals surface area contributed by atoms with Gasteiger partial charge < -0.3 is 30.1 Å². The summed E-state index contributed by atoms with van der Waals surface area (Å²) in [7, 11) is -9.69. The van der Waals surface area contributed by atoms with Crippen molar-refractivity contribution in [3.63, 3.8) is 0 Å². The number of aliphatic hydroxyl groups excluding tert-OH is 2. The van der Waals surface area contributed by atoms with Gasteiger partial charge in [-0.05, 0) is 37.5 Å². The molecule has 1 aliphatic heterocycles. The number of benzene rings is 1. The molecule has 0 spiro atoms. The van der Waals surface area contributed by atoms with Crippen LogP contribution in [-0.2, 0) is 34.5 Å². The number of halogens is 2. The molecule has 41 heavy (non-hydrogen) atoms. The summed E-state index contributed by atoms with van der Waals surface area (Å²) in [5.74, 6) is -2.77. The first kappa shape index (κ1) is 30.1. The summed E-state index contributed by atoms with van der Waals surface area (Å²) in [4.78, 5) is 27.0. The third-order valence-electron chi connectivity index (χ3n) is 6.71. The van der Waals surface area contributed by atoms with Crippen LogP contribution in [0.5, 0.6) is 0 Å². The molecule has 3 aromatic rings. The molecule has 0 bridgehead atoms. The van der Waals surface area contributed by atoms with Crippen LogP contribution in [0.3, 0.4) is 0 Å². The Hall–Kier alpha value is -2.40. The highest BCUT2D eigenvalue weighted by atomic mass is 31.2. The highest BCUT2D eigenvalue weighted by Crippen LogP contribution is 2.58. The second kappa shape index (κ2) is 11.4. The van der Waals surface area contributed by atoms with Crippen LogP contribution in [0, 0.1) is 18.6 Å². The number of aromatic nitrogens is 3. The molecule has 3 heterocycles. The van der Waals surface area contributed by atoms with Gasteiger partial charge in [0.15, 0.2) is 17.8 Å². The third kappa shape index (κ3) is 6.21. The molecule has 0 amide bonds. The lowest BCUT2D eigenvalue weighted by atomic mass is 10.1. The van der Waals surface area contributed by atoms with E-state index in [0.717, 1.165) is 6.07 Å². The van der Waals surface area contributed by atoms with E-state index in [1.165, 1.54) is 16.9 Å². The van der Waals surface area contributed by atoms with E-state index in [0.29, 0.717) is 40.7 Å². The van der Waals surface area contributed by atoms with Gasteiger partial charge in [-0.1, -0.05) is 0 Å².